The number of aryl methyl sites for hydroxylation is 2. The number of alkyl halides is 1. The fraction of sp³-hybridized carbons (Fsp3) is 0.500. The average Bonchev–Trinajstić information content (AvgIpc) is 2.44. The predicted molar refractivity (Wildman–Crippen MR) is 59.0 cm³/mol. The average molecular weight is 233 g/mol. The van der Waals surface area contributed by atoms with Gasteiger partial charge >= 0.3 is 5.97 Å². The van der Waals surface area contributed by atoms with E-state index in [0.29, 0.717) is 6.61 Å². The molecule has 1 aromatic heterocycles. The zero-order chi connectivity index (χ0) is 10.7. The van der Waals surface area contributed by atoms with Crippen LogP contribution in [0.2, 0.25) is 0 Å². The minimum absolute atomic E-state index is 0.365. The zero-order valence-corrected chi connectivity index (χ0v) is 10.0. The molecule has 0 aromatic carbocycles. The van der Waals surface area contributed by atoms with E-state index < -0.39 is 5.38 Å². The van der Waals surface area contributed by atoms with Crippen molar-refractivity contribution in [3.05, 3.63) is 21.4 Å². The first-order valence-electron chi connectivity index (χ1n) is 4.44. The quantitative estimate of drug-likeness (QED) is 0.591. The summed E-state index contributed by atoms with van der Waals surface area (Å²) in [5, 5.41) is -0.667. The molecule has 1 rings (SSSR count). The molecule has 0 radical (unpaired) electrons. The van der Waals surface area contributed by atoms with Crippen LogP contribution in [0.4, 0.5) is 0 Å². The van der Waals surface area contributed by atoms with Crippen LogP contribution in [-0.4, -0.2) is 12.6 Å². The fourth-order valence-electron chi connectivity index (χ4n) is 1.24. The molecule has 0 fully saturated rings. The van der Waals surface area contributed by atoms with Gasteiger partial charge in [-0.2, -0.15) is 0 Å². The standard InChI is InChI=1S/C10H13ClO2S/c1-4-13-10(12)9(11)8-5-6(2)14-7(8)3/h5,9H,4H2,1-3H3. The van der Waals surface area contributed by atoms with E-state index in [1.807, 2.05) is 19.9 Å². The summed E-state index contributed by atoms with van der Waals surface area (Å²) < 4.78 is 4.86. The van der Waals surface area contributed by atoms with E-state index in [2.05, 4.69) is 0 Å². The first kappa shape index (κ1) is 11.5. The number of ether oxygens (including phenoxy) is 1. The molecule has 4 heteroatoms. The summed E-state index contributed by atoms with van der Waals surface area (Å²) in [5.74, 6) is -0.366. The second-order valence-corrected chi connectivity index (χ2v) is 4.88. The van der Waals surface area contributed by atoms with Crippen molar-refractivity contribution in [2.45, 2.75) is 26.1 Å². The lowest BCUT2D eigenvalue weighted by Gasteiger charge is -2.07. The molecule has 0 aliphatic carbocycles. The number of halogens is 1. The lowest BCUT2D eigenvalue weighted by atomic mass is 10.2. The van der Waals surface area contributed by atoms with Crippen LogP contribution in [0.1, 0.15) is 27.6 Å². The monoisotopic (exact) mass is 232 g/mol. The molecular formula is C10H13ClO2S. The third-order valence-corrected chi connectivity index (χ3v) is 3.24. The van der Waals surface area contributed by atoms with Crippen LogP contribution in [-0.2, 0) is 9.53 Å². The van der Waals surface area contributed by atoms with Crippen molar-refractivity contribution in [1.82, 2.24) is 0 Å². The fourth-order valence-corrected chi connectivity index (χ4v) is 2.56. The summed E-state index contributed by atoms with van der Waals surface area (Å²) in [4.78, 5) is 13.6. The molecule has 0 spiro atoms. The van der Waals surface area contributed by atoms with Crippen LogP contribution < -0.4 is 0 Å². The maximum absolute atomic E-state index is 11.4. The van der Waals surface area contributed by atoms with Gasteiger partial charge in [-0.05, 0) is 32.4 Å². The Morgan fingerprint density at radius 3 is 2.71 bits per heavy atom. The number of hydrogen-bond acceptors (Lipinski definition) is 3. The Labute approximate surface area is 92.8 Å². The number of carbonyl (C=O) groups excluding carboxylic acids is 1. The van der Waals surface area contributed by atoms with Gasteiger partial charge in [-0.15, -0.1) is 22.9 Å². The molecule has 1 heterocycles. The summed E-state index contributed by atoms with van der Waals surface area (Å²) in [5.41, 5.74) is 0.868. The highest BCUT2D eigenvalue weighted by Gasteiger charge is 2.21. The molecule has 14 heavy (non-hydrogen) atoms. The van der Waals surface area contributed by atoms with Crippen LogP contribution in [0.25, 0.3) is 0 Å². The van der Waals surface area contributed by atoms with Gasteiger partial charge in [0.1, 0.15) is 0 Å². The van der Waals surface area contributed by atoms with Crippen molar-refractivity contribution in [3.8, 4) is 0 Å². The van der Waals surface area contributed by atoms with E-state index in [-0.39, 0.29) is 5.97 Å². The smallest absolute Gasteiger partial charge is 0.328 e. The molecule has 0 N–H and O–H groups in total. The first-order chi connectivity index (χ1) is 6.56. The normalized spacial score (nSPS) is 12.6. The zero-order valence-electron chi connectivity index (χ0n) is 8.46. The number of thiophene rings is 1. The Bertz CT molecular complexity index is 333. The van der Waals surface area contributed by atoms with Gasteiger partial charge in [-0.25, -0.2) is 0 Å². The summed E-state index contributed by atoms with van der Waals surface area (Å²) >= 11 is 7.63. The third kappa shape index (κ3) is 2.49. The molecule has 0 saturated heterocycles. The molecule has 0 amide bonds. The number of rotatable bonds is 3. The van der Waals surface area contributed by atoms with Crippen molar-refractivity contribution >= 4 is 28.9 Å². The van der Waals surface area contributed by atoms with Gasteiger partial charge in [0.2, 0.25) is 0 Å². The number of hydrogen-bond donors (Lipinski definition) is 0. The maximum Gasteiger partial charge on any atom is 0.328 e. The van der Waals surface area contributed by atoms with Crippen LogP contribution in [0, 0.1) is 13.8 Å². The highest BCUT2D eigenvalue weighted by molar-refractivity contribution is 7.12. The second-order valence-electron chi connectivity index (χ2n) is 2.98. The van der Waals surface area contributed by atoms with Crippen LogP contribution >= 0.6 is 22.9 Å². The number of carbonyl (C=O) groups is 1. The second kappa shape index (κ2) is 4.80. The van der Waals surface area contributed by atoms with E-state index in [0.717, 1.165) is 15.3 Å². The van der Waals surface area contributed by atoms with Gasteiger partial charge in [0.05, 0.1) is 6.61 Å². The van der Waals surface area contributed by atoms with Gasteiger partial charge in [0.25, 0.3) is 0 Å². The summed E-state index contributed by atoms with van der Waals surface area (Å²) in [6.07, 6.45) is 0. The van der Waals surface area contributed by atoms with Gasteiger partial charge < -0.3 is 4.74 Å². The molecule has 0 aliphatic rings. The van der Waals surface area contributed by atoms with Gasteiger partial charge in [0.15, 0.2) is 5.38 Å². The van der Waals surface area contributed by atoms with Crippen LogP contribution in [0.5, 0.6) is 0 Å². The van der Waals surface area contributed by atoms with Crippen molar-refractivity contribution in [2.24, 2.45) is 0 Å². The van der Waals surface area contributed by atoms with Gasteiger partial charge in [0, 0.05) is 9.75 Å². The summed E-state index contributed by atoms with van der Waals surface area (Å²) in [7, 11) is 0. The molecule has 1 unspecified atom stereocenters. The predicted octanol–water partition coefficient (Wildman–Crippen LogP) is 3.21. The molecular weight excluding hydrogens is 220 g/mol. The van der Waals surface area contributed by atoms with Crippen LogP contribution in [0.3, 0.4) is 0 Å². The Kier molecular flexibility index (Phi) is 3.96. The Morgan fingerprint density at radius 1 is 1.64 bits per heavy atom. The molecule has 2 nitrogen and oxygen atoms in total. The Balaban J connectivity index is 2.83. The van der Waals surface area contributed by atoms with Crippen molar-refractivity contribution < 1.29 is 9.53 Å². The number of esters is 1. The SMILES string of the molecule is CCOC(=O)C(Cl)c1cc(C)sc1C. The minimum Gasteiger partial charge on any atom is -0.465 e. The van der Waals surface area contributed by atoms with E-state index in [4.69, 9.17) is 16.3 Å². The van der Waals surface area contributed by atoms with Crippen molar-refractivity contribution in [2.75, 3.05) is 6.61 Å². The molecule has 78 valence electrons. The van der Waals surface area contributed by atoms with Gasteiger partial charge in [-0.3, -0.25) is 4.79 Å². The van der Waals surface area contributed by atoms with Crippen molar-refractivity contribution in [3.63, 3.8) is 0 Å². The Hall–Kier alpha value is -0.540. The lowest BCUT2D eigenvalue weighted by Crippen LogP contribution is -2.11. The first-order valence-corrected chi connectivity index (χ1v) is 5.69. The van der Waals surface area contributed by atoms with E-state index in [9.17, 15) is 4.79 Å². The van der Waals surface area contributed by atoms with E-state index in [1.54, 1.807) is 18.3 Å². The maximum atomic E-state index is 11.4. The summed E-state index contributed by atoms with van der Waals surface area (Å²) in [6.45, 7) is 6.09. The van der Waals surface area contributed by atoms with E-state index >= 15 is 0 Å². The van der Waals surface area contributed by atoms with Gasteiger partial charge in [-0.1, -0.05) is 0 Å². The van der Waals surface area contributed by atoms with E-state index in [1.165, 1.54) is 0 Å². The molecule has 0 aliphatic heterocycles. The largest absolute Gasteiger partial charge is 0.465 e. The summed E-state index contributed by atoms with van der Waals surface area (Å²) in [6, 6.07) is 1.94. The van der Waals surface area contributed by atoms with Crippen molar-refractivity contribution in [1.29, 1.82) is 0 Å². The topological polar surface area (TPSA) is 26.3 Å². The minimum atomic E-state index is -0.667. The highest BCUT2D eigenvalue weighted by Crippen LogP contribution is 2.31. The Morgan fingerprint density at radius 2 is 2.29 bits per heavy atom. The van der Waals surface area contributed by atoms with Crippen LogP contribution in [0.15, 0.2) is 6.07 Å². The third-order valence-electron chi connectivity index (χ3n) is 1.85. The molecule has 0 bridgehead atoms. The molecule has 0 saturated carbocycles. The molecule has 1 aromatic rings. The lowest BCUT2D eigenvalue weighted by molar-refractivity contribution is -0.142. The molecule has 1 atom stereocenters. The highest BCUT2D eigenvalue weighted by atomic mass is 35.5.